The average molecular weight is 477 g/mol. The number of alkyl carbamates (subject to hydrolysis) is 1. The van der Waals surface area contributed by atoms with E-state index in [0.717, 1.165) is 4.90 Å². The summed E-state index contributed by atoms with van der Waals surface area (Å²) in [7, 11) is 3.12. The Morgan fingerprint density at radius 2 is 1.73 bits per heavy atom. The highest BCUT2D eigenvalue weighted by molar-refractivity contribution is 7.98. The van der Waals surface area contributed by atoms with Gasteiger partial charge >= 0.3 is 12.2 Å². The van der Waals surface area contributed by atoms with Gasteiger partial charge in [-0.3, -0.25) is 0 Å². The van der Waals surface area contributed by atoms with Crippen molar-refractivity contribution in [2.24, 2.45) is 0 Å². The lowest BCUT2D eigenvalue weighted by atomic mass is 10.0. The van der Waals surface area contributed by atoms with Gasteiger partial charge in [-0.05, 0) is 63.4 Å². The molecule has 0 saturated carbocycles. The SMILES string of the molecule is CSc1ccc(OCC[C@@H](NC(=O)OC(C)(C)C)c2ccc(OC(=O)N(C)C)cc2O)cc1. The maximum Gasteiger partial charge on any atom is 0.414 e. The molecule has 0 aromatic heterocycles. The van der Waals surface area contributed by atoms with Crippen LogP contribution in [0.3, 0.4) is 0 Å². The second-order valence-corrected chi connectivity index (χ2v) is 9.37. The van der Waals surface area contributed by atoms with Gasteiger partial charge in [-0.25, -0.2) is 9.59 Å². The summed E-state index contributed by atoms with van der Waals surface area (Å²) >= 11 is 1.64. The molecule has 0 aliphatic heterocycles. The zero-order valence-electron chi connectivity index (χ0n) is 19.9. The van der Waals surface area contributed by atoms with Crippen LogP contribution in [0.2, 0.25) is 0 Å². The fraction of sp³-hybridized carbons (Fsp3) is 0.417. The molecule has 0 unspecified atom stereocenters. The third kappa shape index (κ3) is 8.76. The monoisotopic (exact) mass is 476 g/mol. The number of amides is 2. The molecule has 9 heteroatoms. The maximum absolute atomic E-state index is 12.4. The molecule has 2 amide bonds. The van der Waals surface area contributed by atoms with Gasteiger partial charge in [-0.15, -0.1) is 11.8 Å². The molecule has 0 spiro atoms. The fourth-order valence-electron chi connectivity index (χ4n) is 2.80. The molecule has 180 valence electrons. The molecule has 2 rings (SSSR count). The van der Waals surface area contributed by atoms with Crippen LogP contribution in [-0.4, -0.2) is 54.8 Å². The van der Waals surface area contributed by atoms with Crippen LogP contribution in [-0.2, 0) is 4.74 Å². The Kier molecular flexibility index (Phi) is 9.28. The summed E-state index contributed by atoms with van der Waals surface area (Å²) in [6.07, 6.45) is 1.20. The van der Waals surface area contributed by atoms with Gasteiger partial charge in [0.05, 0.1) is 12.6 Å². The Bertz CT molecular complexity index is 941. The number of rotatable bonds is 8. The van der Waals surface area contributed by atoms with Crippen LogP contribution in [0.25, 0.3) is 0 Å². The summed E-state index contributed by atoms with van der Waals surface area (Å²) in [6.45, 7) is 5.60. The summed E-state index contributed by atoms with van der Waals surface area (Å²) < 4.78 is 16.4. The smallest absolute Gasteiger partial charge is 0.414 e. The normalized spacial score (nSPS) is 11.9. The van der Waals surface area contributed by atoms with Gasteiger partial charge in [0.2, 0.25) is 0 Å². The van der Waals surface area contributed by atoms with Gasteiger partial charge in [0.15, 0.2) is 0 Å². The lowest BCUT2D eigenvalue weighted by Gasteiger charge is -2.24. The van der Waals surface area contributed by atoms with Crippen LogP contribution < -0.4 is 14.8 Å². The Morgan fingerprint density at radius 3 is 2.27 bits per heavy atom. The number of phenolic OH excluding ortho intramolecular Hbond substituents is 1. The molecule has 0 bridgehead atoms. The molecule has 0 saturated heterocycles. The first kappa shape index (κ1) is 26.2. The zero-order chi connectivity index (χ0) is 24.6. The average Bonchev–Trinajstić information content (AvgIpc) is 2.72. The number of nitrogens with one attached hydrogen (secondary N) is 1. The van der Waals surface area contributed by atoms with E-state index < -0.39 is 23.8 Å². The second-order valence-electron chi connectivity index (χ2n) is 8.49. The van der Waals surface area contributed by atoms with E-state index in [0.29, 0.717) is 17.7 Å². The van der Waals surface area contributed by atoms with Gasteiger partial charge in [-0.1, -0.05) is 0 Å². The van der Waals surface area contributed by atoms with E-state index in [1.807, 2.05) is 30.5 Å². The van der Waals surface area contributed by atoms with E-state index in [1.165, 1.54) is 11.0 Å². The topological polar surface area (TPSA) is 97.3 Å². The number of hydrogen-bond acceptors (Lipinski definition) is 7. The van der Waals surface area contributed by atoms with E-state index in [2.05, 4.69) is 5.32 Å². The van der Waals surface area contributed by atoms with Gasteiger partial charge in [0, 0.05) is 37.0 Å². The minimum absolute atomic E-state index is 0.121. The van der Waals surface area contributed by atoms with E-state index in [1.54, 1.807) is 58.8 Å². The molecule has 1 atom stereocenters. The molecule has 0 fully saturated rings. The molecular formula is C24H32N2O6S. The number of hydrogen-bond donors (Lipinski definition) is 2. The summed E-state index contributed by atoms with van der Waals surface area (Å²) in [4.78, 5) is 26.6. The first-order chi connectivity index (χ1) is 15.5. The molecule has 2 aromatic carbocycles. The van der Waals surface area contributed by atoms with Crippen molar-refractivity contribution >= 4 is 23.9 Å². The van der Waals surface area contributed by atoms with E-state index >= 15 is 0 Å². The summed E-state index contributed by atoms with van der Waals surface area (Å²) in [5.74, 6) is 0.777. The van der Waals surface area contributed by atoms with Crippen molar-refractivity contribution in [3.05, 3.63) is 48.0 Å². The third-order valence-electron chi connectivity index (χ3n) is 4.37. The molecule has 2 N–H and O–H groups in total. The lowest BCUT2D eigenvalue weighted by Crippen LogP contribution is -2.35. The quantitative estimate of drug-likeness (QED) is 0.505. The van der Waals surface area contributed by atoms with Gasteiger partial charge in [-0.2, -0.15) is 0 Å². The summed E-state index contributed by atoms with van der Waals surface area (Å²) in [6, 6.07) is 11.6. The number of benzene rings is 2. The number of phenols is 1. The molecule has 0 aliphatic carbocycles. The highest BCUT2D eigenvalue weighted by Gasteiger charge is 2.23. The highest BCUT2D eigenvalue weighted by Crippen LogP contribution is 2.31. The standard InChI is InChI=1S/C24H32N2O6S/c1-24(2,3)32-22(28)25-20(13-14-30-16-7-10-18(33-6)11-8-16)19-12-9-17(15-21(19)27)31-23(29)26(4)5/h7-12,15,20,27H,13-14H2,1-6H3,(H,25,28)/t20-/m1/s1. The predicted octanol–water partition coefficient (Wildman–Crippen LogP) is 5.21. The minimum atomic E-state index is -0.670. The van der Waals surface area contributed by atoms with Crippen LogP contribution in [0.5, 0.6) is 17.2 Å². The van der Waals surface area contributed by atoms with Crippen molar-refractivity contribution in [3.8, 4) is 17.2 Å². The molecule has 2 aromatic rings. The van der Waals surface area contributed by atoms with Crippen LogP contribution in [0.4, 0.5) is 9.59 Å². The molecule has 0 heterocycles. The number of aromatic hydroxyl groups is 1. The first-order valence-electron chi connectivity index (χ1n) is 10.5. The number of thioether (sulfide) groups is 1. The largest absolute Gasteiger partial charge is 0.507 e. The second kappa shape index (κ2) is 11.7. The number of carbonyl (C=O) groups excluding carboxylic acids is 2. The van der Waals surface area contributed by atoms with E-state index in [9.17, 15) is 14.7 Å². The molecule has 0 aliphatic rings. The summed E-state index contributed by atoms with van der Waals surface area (Å²) in [5.41, 5.74) is -0.219. The van der Waals surface area contributed by atoms with Crippen LogP contribution >= 0.6 is 11.8 Å². The van der Waals surface area contributed by atoms with Crippen molar-refractivity contribution in [3.63, 3.8) is 0 Å². The van der Waals surface area contributed by atoms with Crippen molar-refractivity contribution < 1.29 is 28.9 Å². The Morgan fingerprint density at radius 1 is 1.09 bits per heavy atom. The lowest BCUT2D eigenvalue weighted by molar-refractivity contribution is 0.0497. The first-order valence-corrected chi connectivity index (χ1v) is 11.7. The Hall–Kier alpha value is -3.07. The van der Waals surface area contributed by atoms with Crippen molar-refractivity contribution in [1.29, 1.82) is 0 Å². The van der Waals surface area contributed by atoms with E-state index in [4.69, 9.17) is 14.2 Å². The Labute approximate surface area is 199 Å². The van der Waals surface area contributed by atoms with Gasteiger partial charge in [0.1, 0.15) is 22.8 Å². The Balaban J connectivity index is 2.15. The van der Waals surface area contributed by atoms with Crippen LogP contribution in [0.15, 0.2) is 47.4 Å². The molecule has 8 nitrogen and oxygen atoms in total. The van der Waals surface area contributed by atoms with Gasteiger partial charge < -0.3 is 29.5 Å². The van der Waals surface area contributed by atoms with Crippen molar-refractivity contribution in [2.75, 3.05) is 27.0 Å². The highest BCUT2D eigenvalue weighted by atomic mass is 32.2. The maximum atomic E-state index is 12.4. The third-order valence-corrected chi connectivity index (χ3v) is 5.12. The van der Waals surface area contributed by atoms with E-state index in [-0.39, 0.29) is 18.1 Å². The molecular weight excluding hydrogens is 444 g/mol. The zero-order valence-corrected chi connectivity index (χ0v) is 20.7. The van der Waals surface area contributed by atoms with Crippen LogP contribution in [0, 0.1) is 0 Å². The van der Waals surface area contributed by atoms with Crippen molar-refractivity contribution in [2.45, 2.75) is 43.7 Å². The predicted molar refractivity (Wildman–Crippen MR) is 128 cm³/mol. The minimum Gasteiger partial charge on any atom is -0.507 e. The summed E-state index contributed by atoms with van der Waals surface area (Å²) in [5, 5.41) is 13.4. The van der Waals surface area contributed by atoms with Crippen molar-refractivity contribution in [1.82, 2.24) is 10.2 Å². The number of carbonyl (C=O) groups is 2. The fourth-order valence-corrected chi connectivity index (χ4v) is 3.20. The van der Waals surface area contributed by atoms with Crippen LogP contribution in [0.1, 0.15) is 38.8 Å². The molecule has 33 heavy (non-hydrogen) atoms. The van der Waals surface area contributed by atoms with Gasteiger partial charge in [0.25, 0.3) is 0 Å². The number of ether oxygens (including phenoxy) is 3. The number of nitrogens with zero attached hydrogens (tertiary/aromatic N) is 1. The molecule has 0 radical (unpaired) electrons.